The number of esters is 1. The highest BCUT2D eigenvalue weighted by molar-refractivity contribution is 6.14. The number of rotatable bonds is 7. The van der Waals surface area contributed by atoms with Gasteiger partial charge in [0.1, 0.15) is 12.4 Å². The molecule has 0 aliphatic rings. The van der Waals surface area contributed by atoms with Gasteiger partial charge in [0.25, 0.3) is 0 Å². The zero-order chi connectivity index (χ0) is 19.9. The van der Waals surface area contributed by atoms with Crippen LogP contribution in [0.15, 0.2) is 72.8 Å². The number of benzene rings is 3. The van der Waals surface area contributed by atoms with Gasteiger partial charge in [-0.3, -0.25) is 9.59 Å². The van der Waals surface area contributed by atoms with E-state index in [2.05, 4.69) is 4.74 Å². The van der Waals surface area contributed by atoms with Gasteiger partial charge in [-0.05, 0) is 23.8 Å². The average molecular weight is 374 g/mol. The number of methoxy groups -OCH3 is 1. The van der Waals surface area contributed by atoms with Crippen LogP contribution in [-0.2, 0) is 11.3 Å². The van der Waals surface area contributed by atoms with Crippen molar-refractivity contribution < 1.29 is 23.9 Å². The smallest absolute Gasteiger partial charge is 0.337 e. The van der Waals surface area contributed by atoms with E-state index in [1.54, 1.807) is 18.2 Å². The molecule has 0 spiro atoms. The third kappa shape index (κ3) is 4.15. The Bertz CT molecular complexity index is 991. The van der Waals surface area contributed by atoms with Gasteiger partial charge in [0.15, 0.2) is 12.1 Å². The number of hydrogen-bond donors (Lipinski definition) is 0. The lowest BCUT2D eigenvalue weighted by Gasteiger charge is -2.13. The summed E-state index contributed by atoms with van der Waals surface area (Å²) in [5.74, 6) is -0.517. The Morgan fingerprint density at radius 2 is 1.54 bits per heavy atom. The van der Waals surface area contributed by atoms with E-state index >= 15 is 0 Å². The molecule has 3 aromatic rings. The predicted molar refractivity (Wildman–Crippen MR) is 104 cm³/mol. The van der Waals surface area contributed by atoms with Gasteiger partial charge in [0.2, 0.25) is 0 Å². The molecule has 0 unspecified atom stereocenters. The second-order valence-corrected chi connectivity index (χ2v) is 6.01. The van der Waals surface area contributed by atoms with Gasteiger partial charge < -0.3 is 9.47 Å². The van der Waals surface area contributed by atoms with E-state index in [9.17, 15) is 14.4 Å². The molecule has 28 heavy (non-hydrogen) atoms. The summed E-state index contributed by atoms with van der Waals surface area (Å²) in [7, 11) is 1.29. The molecule has 0 fully saturated rings. The molecule has 0 saturated heterocycles. The van der Waals surface area contributed by atoms with Gasteiger partial charge in [0.05, 0.1) is 18.2 Å². The Hall–Kier alpha value is -3.73. The highest BCUT2D eigenvalue weighted by Crippen LogP contribution is 2.26. The molecule has 0 atom stereocenters. The van der Waals surface area contributed by atoms with E-state index in [1.807, 2.05) is 30.3 Å². The summed E-state index contributed by atoms with van der Waals surface area (Å²) in [5, 5.41) is 0. The van der Waals surface area contributed by atoms with Crippen molar-refractivity contribution >= 4 is 18.0 Å². The van der Waals surface area contributed by atoms with Gasteiger partial charge in [-0.15, -0.1) is 0 Å². The summed E-state index contributed by atoms with van der Waals surface area (Å²) in [6.45, 7) is 0.269. The van der Waals surface area contributed by atoms with Gasteiger partial charge in [-0.1, -0.05) is 54.6 Å². The maximum absolute atomic E-state index is 13.1. The molecule has 0 heterocycles. The Labute approximate surface area is 162 Å². The molecule has 0 aliphatic heterocycles. The number of ether oxygens (including phenoxy) is 2. The number of carbonyl (C=O) groups excluding carboxylic acids is 3. The normalized spacial score (nSPS) is 10.2. The third-order valence-corrected chi connectivity index (χ3v) is 4.22. The molecule has 3 rings (SSSR count). The van der Waals surface area contributed by atoms with Crippen molar-refractivity contribution in [2.24, 2.45) is 0 Å². The van der Waals surface area contributed by atoms with E-state index in [0.717, 1.165) is 5.56 Å². The van der Waals surface area contributed by atoms with Gasteiger partial charge >= 0.3 is 5.97 Å². The van der Waals surface area contributed by atoms with E-state index < -0.39 is 5.97 Å². The summed E-state index contributed by atoms with van der Waals surface area (Å²) in [6.07, 6.45) is 0.630. The first-order chi connectivity index (χ1) is 13.6. The monoisotopic (exact) mass is 374 g/mol. The Morgan fingerprint density at radius 1 is 0.857 bits per heavy atom. The molecule has 0 aromatic heterocycles. The fourth-order valence-corrected chi connectivity index (χ4v) is 2.76. The lowest BCUT2D eigenvalue weighted by atomic mass is 9.97. The van der Waals surface area contributed by atoms with Crippen molar-refractivity contribution in [1.29, 1.82) is 0 Å². The van der Waals surface area contributed by atoms with Crippen molar-refractivity contribution in [3.05, 3.63) is 101 Å². The van der Waals surface area contributed by atoms with Gasteiger partial charge in [0, 0.05) is 11.1 Å². The molecule has 3 aromatic carbocycles. The van der Waals surface area contributed by atoms with Crippen molar-refractivity contribution in [2.45, 2.75) is 6.61 Å². The van der Waals surface area contributed by atoms with Crippen molar-refractivity contribution in [3.63, 3.8) is 0 Å². The highest BCUT2D eigenvalue weighted by Gasteiger charge is 2.20. The van der Waals surface area contributed by atoms with Crippen LogP contribution in [0.5, 0.6) is 5.75 Å². The lowest BCUT2D eigenvalue weighted by molar-refractivity contribution is 0.0600. The number of ketones is 1. The molecular weight excluding hydrogens is 356 g/mol. The van der Waals surface area contributed by atoms with Crippen LogP contribution in [0.25, 0.3) is 0 Å². The van der Waals surface area contributed by atoms with Crippen LogP contribution < -0.4 is 4.74 Å². The second kappa shape index (κ2) is 8.77. The van der Waals surface area contributed by atoms with Gasteiger partial charge in [-0.2, -0.15) is 0 Å². The summed E-state index contributed by atoms with van der Waals surface area (Å²) in [4.78, 5) is 36.1. The topological polar surface area (TPSA) is 69.7 Å². The molecule has 0 radical (unpaired) electrons. The van der Waals surface area contributed by atoms with Gasteiger partial charge in [-0.25, -0.2) is 4.79 Å². The quantitative estimate of drug-likeness (QED) is 0.354. The van der Waals surface area contributed by atoms with E-state index in [4.69, 9.17) is 4.74 Å². The molecular formula is C23H18O5. The predicted octanol–water partition coefficient (Wildman–Crippen LogP) is 4.10. The fourth-order valence-electron chi connectivity index (χ4n) is 2.76. The summed E-state index contributed by atoms with van der Waals surface area (Å²) in [6, 6.07) is 20.5. The van der Waals surface area contributed by atoms with Crippen LogP contribution in [0.1, 0.15) is 42.2 Å². The molecule has 0 bridgehead atoms. The van der Waals surface area contributed by atoms with Crippen LogP contribution in [-0.4, -0.2) is 25.1 Å². The fraction of sp³-hybridized carbons (Fsp3) is 0.0870. The first-order valence-corrected chi connectivity index (χ1v) is 8.62. The standard InChI is InChI=1S/C23H18O5/c1-27-23(26)18-12-10-17(11-13-18)22(25)21-19(14-24)8-5-9-20(21)28-15-16-6-3-2-4-7-16/h2-14H,15H2,1H3. The maximum Gasteiger partial charge on any atom is 0.337 e. The largest absolute Gasteiger partial charge is 0.488 e. The van der Waals surface area contributed by atoms with Crippen LogP contribution in [0.3, 0.4) is 0 Å². The number of aldehydes is 1. The van der Waals surface area contributed by atoms with Crippen LogP contribution in [0.2, 0.25) is 0 Å². The Morgan fingerprint density at radius 3 is 2.18 bits per heavy atom. The van der Waals surface area contributed by atoms with E-state index in [-0.39, 0.29) is 23.5 Å². The zero-order valence-electron chi connectivity index (χ0n) is 15.3. The summed E-state index contributed by atoms with van der Waals surface area (Å²) in [5.41, 5.74) is 2.06. The van der Waals surface area contributed by atoms with Crippen LogP contribution in [0.4, 0.5) is 0 Å². The molecule has 140 valence electrons. The summed E-state index contributed by atoms with van der Waals surface area (Å²) < 4.78 is 10.5. The molecule has 0 amide bonds. The Kier molecular flexibility index (Phi) is 5.97. The SMILES string of the molecule is COC(=O)c1ccc(C(=O)c2c(C=O)cccc2OCc2ccccc2)cc1. The zero-order valence-corrected chi connectivity index (χ0v) is 15.3. The number of hydrogen-bond acceptors (Lipinski definition) is 5. The first kappa shape index (κ1) is 19.0. The summed E-state index contributed by atoms with van der Waals surface area (Å²) >= 11 is 0. The van der Waals surface area contributed by atoms with Crippen LogP contribution in [0, 0.1) is 0 Å². The minimum absolute atomic E-state index is 0.194. The lowest BCUT2D eigenvalue weighted by Crippen LogP contribution is -2.10. The second-order valence-electron chi connectivity index (χ2n) is 6.01. The molecule has 0 saturated carbocycles. The average Bonchev–Trinajstić information content (AvgIpc) is 2.77. The molecule has 5 heteroatoms. The van der Waals surface area contributed by atoms with Crippen molar-refractivity contribution in [2.75, 3.05) is 7.11 Å². The maximum atomic E-state index is 13.1. The third-order valence-electron chi connectivity index (χ3n) is 4.22. The molecule has 5 nitrogen and oxygen atoms in total. The molecule has 0 aliphatic carbocycles. The highest BCUT2D eigenvalue weighted by atomic mass is 16.5. The van der Waals surface area contributed by atoms with Crippen molar-refractivity contribution in [3.8, 4) is 5.75 Å². The van der Waals surface area contributed by atoms with Crippen molar-refractivity contribution in [1.82, 2.24) is 0 Å². The van der Waals surface area contributed by atoms with E-state index in [1.165, 1.54) is 31.4 Å². The minimum Gasteiger partial charge on any atom is -0.488 e. The molecule has 0 N–H and O–H groups in total. The number of carbonyl (C=O) groups is 3. The minimum atomic E-state index is -0.487. The Balaban J connectivity index is 1.92. The van der Waals surface area contributed by atoms with Crippen LogP contribution >= 0.6 is 0 Å². The van der Waals surface area contributed by atoms with E-state index in [0.29, 0.717) is 23.2 Å². The first-order valence-electron chi connectivity index (χ1n) is 8.62.